The maximum Gasteiger partial charge on any atom is 0.345 e. The largest absolute Gasteiger partial charge is 0.491 e. The third-order valence-corrected chi connectivity index (χ3v) is 3.92. The van der Waals surface area contributed by atoms with Gasteiger partial charge in [-0.05, 0) is 24.3 Å². The highest BCUT2D eigenvalue weighted by atomic mass is 19.3. The zero-order valence-electron chi connectivity index (χ0n) is 14.6. The third kappa shape index (κ3) is 4.32. The van der Waals surface area contributed by atoms with Crippen LogP contribution in [0.1, 0.15) is 20.7 Å². The molecule has 0 unspecified atom stereocenters. The molecule has 0 saturated carbocycles. The van der Waals surface area contributed by atoms with E-state index in [4.69, 9.17) is 9.47 Å². The molecule has 0 aliphatic carbocycles. The number of hydrogen-bond acceptors (Lipinski definition) is 5. The number of carbonyl (C=O) groups is 2. The normalized spacial score (nSPS) is 13.4. The zero-order chi connectivity index (χ0) is 20.1. The predicted octanol–water partition coefficient (Wildman–Crippen LogP) is 3.26. The molecule has 28 heavy (non-hydrogen) atoms. The molecular weight excluding hydrogens is 379 g/mol. The lowest BCUT2D eigenvalue weighted by Crippen LogP contribution is -2.30. The first-order chi connectivity index (χ1) is 13.5. The fraction of sp³-hybridized carbons (Fsp3) is 0.263. The van der Waals surface area contributed by atoms with E-state index in [1.54, 1.807) is 12.1 Å². The van der Waals surface area contributed by atoms with Gasteiger partial charge < -0.3 is 14.2 Å². The van der Waals surface area contributed by atoms with Gasteiger partial charge in [0.2, 0.25) is 0 Å². The Morgan fingerprint density at radius 3 is 2.18 bits per heavy atom. The van der Waals surface area contributed by atoms with Gasteiger partial charge in [-0.1, -0.05) is 12.1 Å². The van der Waals surface area contributed by atoms with Crippen molar-refractivity contribution in [1.82, 2.24) is 0 Å². The Kier molecular flexibility index (Phi) is 6.27. The van der Waals surface area contributed by atoms with Crippen molar-refractivity contribution in [2.75, 3.05) is 31.3 Å². The summed E-state index contributed by atoms with van der Waals surface area (Å²) < 4.78 is 52.4. The van der Waals surface area contributed by atoms with Gasteiger partial charge in [0.1, 0.15) is 18.2 Å². The van der Waals surface area contributed by atoms with Gasteiger partial charge in [0.25, 0.3) is 11.8 Å². The molecule has 0 radical (unpaired) electrons. The standard InChI is InChI=1S/C19H16F3NO5/c20-15-6-5-12(27-9-7-26-8-10-28-19(21)22)11-16(15)23-17(24)13-3-1-2-4-14(13)18(23)25/h1-6,11,19H,7-10H2. The van der Waals surface area contributed by atoms with E-state index in [-0.39, 0.29) is 49.0 Å². The fourth-order valence-electron chi connectivity index (χ4n) is 2.68. The predicted molar refractivity (Wildman–Crippen MR) is 92.3 cm³/mol. The van der Waals surface area contributed by atoms with E-state index in [1.165, 1.54) is 24.3 Å². The van der Waals surface area contributed by atoms with E-state index in [0.29, 0.717) is 0 Å². The molecule has 2 aromatic carbocycles. The number of rotatable bonds is 9. The summed E-state index contributed by atoms with van der Waals surface area (Å²) >= 11 is 0. The van der Waals surface area contributed by atoms with Crippen molar-refractivity contribution in [2.45, 2.75) is 6.61 Å². The van der Waals surface area contributed by atoms with Crippen LogP contribution in [-0.2, 0) is 9.47 Å². The maximum absolute atomic E-state index is 14.3. The van der Waals surface area contributed by atoms with Crippen molar-refractivity contribution in [3.8, 4) is 5.75 Å². The molecule has 0 aromatic heterocycles. The minimum absolute atomic E-state index is 0.0303. The number of alkyl halides is 2. The van der Waals surface area contributed by atoms with Crippen LogP contribution in [0.4, 0.5) is 18.9 Å². The monoisotopic (exact) mass is 395 g/mol. The first-order valence-corrected chi connectivity index (χ1v) is 8.36. The Balaban J connectivity index is 1.62. The SMILES string of the molecule is O=C1c2ccccc2C(=O)N1c1cc(OCCOCCOC(F)F)ccc1F. The van der Waals surface area contributed by atoms with Crippen molar-refractivity contribution in [1.29, 1.82) is 0 Å². The van der Waals surface area contributed by atoms with Gasteiger partial charge in [-0.15, -0.1) is 0 Å². The molecular formula is C19H16F3NO5. The molecule has 1 heterocycles. The van der Waals surface area contributed by atoms with Crippen molar-refractivity contribution < 1.29 is 37.0 Å². The average Bonchev–Trinajstić information content (AvgIpc) is 2.93. The van der Waals surface area contributed by atoms with Crippen LogP contribution in [0.15, 0.2) is 42.5 Å². The second-order valence-electron chi connectivity index (χ2n) is 5.70. The number of amides is 2. The van der Waals surface area contributed by atoms with Crippen LogP contribution < -0.4 is 9.64 Å². The van der Waals surface area contributed by atoms with Crippen LogP contribution in [0.3, 0.4) is 0 Å². The van der Waals surface area contributed by atoms with Gasteiger partial charge in [0.15, 0.2) is 0 Å². The highest BCUT2D eigenvalue weighted by Gasteiger charge is 2.37. The van der Waals surface area contributed by atoms with Crippen LogP contribution in [0.25, 0.3) is 0 Å². The molecule has 0 spiro atoms. The number of benzene rings is 2. The quantitative estimate of drug-likeness (QED) is 0.482. The molecule has 2 amide bonds. The van der Waals surface area contributed by atoms with Crippen LogP contribution in [-0.4, -0.2) is 44.9 Å². The molecule has 6 nitrogen and oxygen atoms in total. The van der Waals surface area contributed by atoms with Gasteiger partial charge in [-0.3, -0.25) is 9.59 Å². The van der Waals surface area contributed by atoms with Crippen molar-refractivity contribution in [3.05, 3.63) is 59.4 Å². The Labute approximate surface area is 158 Å². The van der Waals surface area contributed by atoms with E-state index in [9.17, 15) is 22.8 Å². The number of hydrogen-bond donors (Lipinski definition) is 0. The number of nitrogens with zero attached hydrogens (tertiary/aromatic N) is 1. The van der Waals surface area contributed by atoms with Crippen molar-refractivity contribution in [3.63, 3.8) is 0 Å². The second kappa shape index (κ2) is 8.85. The summed E-state index contributed by atoms with van der Waals surface area (Å²) in [6, 6.07) is 9.93. The molecule has 2 aromatic rings. The Bertz CT molecular complexity index is 839. The van der Waals surface area contributed by atoms with Crippen LogP contribution in [0.2, 0.25) is 0 Å². The van der Waals surface area contributed by atoms with Gasteiger partial charge in [0.05, 0.1) is 36.6 Å². The lowest BCUT2D eigenvalue weighted by atomic mass is 10.1. The van der Waals surface area contributed by atoms with Crippen LogP contribution in [0.5, 0.6) is 5.75 Å². The number of ether oxygens (including phenoxy) is 3. The maximum atomic E-state index is 14.3. The lowest BCUT2D eigenvalue weighted by molar-refractivity contribution is -0.139. The topological polar surface area (TPSA) is 65.1 Å². The van der Waals surface area contributed by atoms with Gasteiger partial charge in [-0.25, -0.2) is 9.29 Å². The molecule has 148 valence electrons. The number of carbonyl (C=O) groups excluding carboxylic acids is 2. The lowest BCUT2D eigenvalue weighted by Gasteiger charge is -2.16. The summed E-state index contributed by atoms with van der Waals surface area (Å²) in [7, 11) is 0. The third-order valence-electron chi connectivity index (χ3n) is 3.92. The molecule has 0 bridgehead atoms. The molecule has 9 heteroatoms. The van der Waals surface area contributed by atoms with Crippen molar-refractivity contribution >= 4 is 17.5 Å². The number of anilines is 1. The van der Waals surface area contributed by atoms with E-state index >= 15 is 0 Å². The Morgan fingerprint density at radius 1 is 0.893 bits per heavy atom. The summed E-state index contributed by atoms with van der Waals surface area (Å²) in [5.74, 6) is -1.75. The number of imide groups is 1. The molecule has 1 aliphatic heterocycles. The summed E-state index contributed by atoms with van der Waals surface area (Å²) in [6.45, 7) is -2.98. The first-order valence-electron chi connectivity index (χ1n) is 8.36. The number of halogens is 3. The molecule has 1 aliphatic rings. The molecule has 3 rings (SSSR count). The summed E-state index contributed by atoms with van der Waals surface area (Å²) in [5, 5.41) is 0. The zero-order valence-corrected chi connectivity index (χ0v) is 14.6. The Morgan fingerprint density at radius 2 is 1.54 bits per heavy atom. The van der Waals surface area contributed by atoms with Gasteiger partial charge in [0, 0.05) is 6.07 Å². The summed E-state index contributed by atoms with van der Waals surface area (Å²) in [5.41, 5.74) is 0.199. The average molecular weight is 395 g/mol. The fourth-order valence-corrected chi connectivity index (χ4v) is 2.68. The van der Waals surface area contributed by atoms with Gasteiger partial charge in [-0.2, -0.15) is 8.78 Å². The molecule has 0 atom stereocenters. The van der Waals surface area contributed by atoms with E-state index in [0.717, 1.165) is 11.0 Å². The summed E-state index contributed by atoms with van der Waals surface area (Å²) in [6.07, 6.45) is 0. The van der Waals surface area contributed by atoms with E-state index < -0.39 is 24.2 Å². The van der Waals surface area contributed by atoms with E-state index in [1.807, 2.05) is 0 Å². The highest BCUT2D eigenvalue weighted by molar-refractivity contribution is 6.34. The summed E-state index contributed by atoms with van der Waals surface area (Å²) in [4.78, 5) is 25.8. The van der Waals surface area contributed by atoms with E-state index in [2.05, 4.69) is 4.74 Å². The van der Waals surface area contributed by atoms with Crippen LogP contribution in [0, 0.1) is 5.82 Å². The molecule has 0 fully saturated rings. The Hall–Kier alpha value is -2.91. The first kappa shape index (κ1) is 19.8. The smallest absolute Gasteiger partial charge is 0.345 e. The highest BCUT2D eigenvalue weighted by Crippen LogP contribution is 2.32. The minimum atomic E-state index is -2.85. The molecule has 0 N–H and O–H groups in total. The van der Waals surface area contributed by atoms with Crippen molar-refractivity contribution in [2.24, 2.45) is 0 Å². The number of fused-ring (bicyclic) bond motifs is 1. The van der Waals surface area contributed by atoms with Crippen LogP contribution >= 0.6 is 0 Å². The molecule has 0 saturated heterocycles. The minimum Gasteiger partial charge on any atom is -0.491 e. The second-order valence-corrected chi connectivity index (χ2v) is 5.70. The van der Waals surface area contributed by atoms with Gasteiger partial charge >= 0.3 is 6.61 Å².